The summed E-state index contributed by atoms with van der Waals surface area (Å²) < 4.78 is 0. The van der Waals surface area contributed by atoms with E-state index in [9.17, 15) is 0 Å². The second kappa shape index (κ2) is 8.64. The van der Waals surface area contributed by atoms with Crippen LogP contribution in [0.3, 0.4) is 0 Å². The molecule has 0 atom stereocenters. The van der Waals surface area contributed by atoms with Crippen LogP contribution < -0.4 is 0 Å². The maximum atomic E-state index is 4.50. The number of benzene rings is 2. The van der Waals surface area contributed by atoms with Crippen LogP contribution in [0.5, 0.6) is 0 Å². The largest absolute Gasteiger partial charge is 0.265 e. The highest BCUT2D eigenvalue weighted by Crippen LogP contribution is 2.25. The van der Waals surface area contributed by atoms with Crippen LogP contribution in [0.15, 0.2) is 108 Å². The molecule has 0 saturated carbocycles. The molecule has 4 heteroatoms. The molecule has 0 saturated heterocycles. The van der Waals surface area contributed by atoms with Crippen molar-refractivity contribution in [1.82, 2.24) is 9.97 Å². The van der Waals surface area contributed by atoms with Crippen LogP contribution >= 0.6 is 0 Å². The number of hydrogen-bond donors (Lipinski definition) is 0. The molecule has 0 amide bonds. The highest BCUT2D eigenvalue weighted by atomic mass is 14.7. The third-order valence-corrected chi connectivity index (χ3v) is 4.21. The SMILES string of the molecule is C(=Nc1ccc(-c2ccc(N=Cc3ccncc3)cc2)cc1)c1ccncc1. The van der Waals surface area contributed by atoms with Crippen LogP contribution in [0.4, 0.5) is 11.4 Å². The molecule has 2 aromatic heterocycles. The molecule has 4 nitrogen and oxygen atoms in total. The molecular formula is C24H18N4. The molecule has 28 heavy (non-hydrogen) atoms. The Morgan fingerprint density at radius 2 is 0.821 bits per heavy atom. The van der Waals surface area contributed by atoms with Crippen molar-refractivity contribution >= 4 is 23.8 Å². The quantitative estimate of drug-likeness (QED) is 0.431. The minimum Gasteiger partial charge on any atom is -0.265 e. The Balaban J connectivity index is 1.44. The van der Waals surface area contributed by atoms with Crippen LogP contribution in [0.25, 0.3) is 11.1 Å². The maximum Gasteiger partial charge on any atom is 0.0630 e. The van der Waals surface area contributed by atoms with Crippen molar-refractivity contribution in [2.24, 2.45) is 9.98 Å². The number of rotatable bonds is 5. The van der Waals surface area contributed by atoms with Crippen LogP contribution in [-0.2, 0) is 0 Å². The summed E-state index contributed by atoms with van der Waals surface area (Å²) >= 11 is 0. The zero-order valence-corrected chi connectivity index (χ0v) is 15.2. The molecule has 0 aliphatic rings. The van der Waals surface area contributed by atoms with Crippen molar-refractivity contribution in [3.63, 3.8) is 0 Å². The summed E-state index contributed by atoms with van der Waals surface area (Å²) in [5, 5.41) is 0. The predicted molar refractivity (Wildman–Crippen MR) is 115 cm³/mol. The molecule has 0 aliphatic heterocycles. The van der Waals surface area contributed by atoms with E-state index in [0.29, 0.717) is 0 Å². The van der Waals surface area contributed by atoms with E-state index >= 15 is 0 Å². The first-order chi connectivity index (χ1) is 13.9. The van der Waals surface area contributed by atoms with Gasteiger partial charge in [0.25, 0.3) is 0 Å². The number of nitrogens with zero attached hydrogens (tertiary/aromatic N) is 4. The van der Waals surface area contributed by atoms with E-state index in [2.05, 4.69) is 44.2 Å². The molecule has 134 valence electrons. The van der Waals surface area contributed by atoms with E-state index in [0.717, 1.165) is 33.6 Å². The summed E-state index contributed by atoms with van der Waals surface area (Å²) in [7, 11) is 0. The van der Waals surface area contributed by atoms with Gasteiger partial charge in [0, 0.05) is 37.2 Å². The second-order valence-electron chi connectivity index (χ2n) is 6.17. The molecule has 2 aromatic carbocycles. The van der Waals surface area contributed by atoms with Gasteiger partial charge in [-0.25, -0.2) is 0 Å². The number of aromatic nitrogens is 2. The van der Waals surface area contributed by atoms with Crippen LogP contribution in [0.1, 0.15) is 11.1 Å². The first-order valence-corrected chi connectivity index (χ1v) is 8.95. The summed E-state index contributed by atoms with van der Waals surface area (Å²) in [6, 6.07) is 24.1. The summed E-state index contributed by atoms with van der Waals surface area (Å²) in [5.74, 6) is 0. The average molecular weight is 362 g/mol. The fourth-order valence-corrected chi connectivity index (χ4v) is 2.68. The van der Waals surface area contributed by atoms with Crippen molar-refractivity contribution in [1.29, 1.82) is 0 Å². The van der Waals surface area contributed by atoms with E-state index in [-0.39, 0.29) is 0 Å². The van der Waals surface area contributed by atoms with Gasteiger partial charge < -0.3 is 0 Å². The smallest absolute Gasteiger partial charge is 0.0630 e. The fourth-order valence-electron chi connectivity index (χ4n) is 2.68. The van der Waals surface area contributed by atoms with Gasteiger partial charge in [-0.2, -0.15) is 0 Å². The van der Waals surface area contributed by atoms with Gasteiger partial charge in [-0.1, -0.05) is 24.3 Å². The molecule has 0 bridgehead atoms. The van der Waals surface area contributed by atoms with Crippen molar-refractivity contribution in [3.05, 3.63) is 109 Å². The minimum atomic E-state index is 0.916. The van der Waals surface area contributed by atoms with E-state index in [1.807, 2.05) is 61.0 Å². The molecule has 0 radical (unpaired) electrons. The molecule has 4 aromatic rings. The van der Waals surface area contributed by atoms with Crippen molar-refractivity contribution < 1.29 is 0 Å². The normalized spacial score (nSPS) is 11.3. The maximum absolute atomic E-state index is 4.50. The Kier molecular flexibility index (Phi) is 5.40. The van der Waals surface area contributed by atoms with Gasteiger partial charge in [0.15, 0.2) is 0 Å². The summed E-state index contributed by atoms with van der Waals surface area (Å²) in [5.41, 5.74) is 6.18. The lowest BCUT2D eigenvalue weighted by molar-refractivity contribution is 1.32. The van der Waals surface area contributed by atoms with Crippen molar-refractivity contribution in [2.75, 3.05) is 0 Å². The Labute approximate surface area is 164 Å². The van der Waals surface area contributed by atoms with Crippen molar-refractivity contribution in [2.45, 2.75) is 0 Å². The lowest BCUT2D eigenvalue weighted by Gasteiger charge is -2.03. The van der Waals surface area contributed by atoms with E-state index in [1.54, 1.807) is 24.8 Å². The predicted octanol–water partition coefficient (Wildman–Crippen LogP) is 5.64. The van der Waals surface area contributed by atoms with Crippen molar-refractivity contribution in [3.8, 4) is 11.1 Å². The summed E-state index contributed by atoms with van der Waals surface area (Å²) in [6.07, 6.45) is 10.7. The molecule has 0 spiro atoms. The van der Waals surface area contributed by atoms with Gasteiger partial charge >= 0.3 is 0 Å². The molecule has 2 heterocycles. The van der Waals surface area contributed by atoms with Crippen LogP contribution in [0.2, 0.25) is 0 Å². The number of aliphatic imine (C=N–C) groups is 2. The molecule has 0 fully saturated rings. The van der Waals surface area contributed by atoms with Crippen LogP contribution in [0, 0.1) is 0 Å². The topological polar surface area (TPSA) is 50.5 Å². The first-order valence-electron chi connectivity index (χ1n) is 8.95. The first kappa shape index (κ1) is 17.5. The summed E-state index contributed by atoms with van der Waals surface area (Å²) in [6.45, 7) is 0. The Morgan fingerprint density at radius 1 is 0.464 bits per heavy atom. The van der Waals surface area contributed by atoms with Gasteiger partial charge in [0.1, 0.15) is 0 Å². The minimum absolute atomic E-state index is 0.916. The van der Waals surface area contributed by atoms with E-state index < -0.39 is 0 Å². The fraction of sp³-hybridized carbons (Fsp3) is 0. The second-order valence-corrected chi connectivity index (χ2v) is 6.17. The highest BCUT2D eigenvalue weighted by molar-refractivity contribution is 5.82. The Bertz CT molecular complexity index is 978. The van der Waals surface area contributed by atoms with Gasteiger partial charge in [-0.05, 0) is 70.8 Å². The summed E-state index contributed by atoms with van der Waals surface area (Å²) in [4.78, 5) is 17.0. The third-order valence-electron chi connectivity index (χ3n) is 4.21. The highest BCUT2D eigenvalue weighted by Gasteiger charge is 1.98. The molecule has 4 rings (SSSR count). The molecule has 0 aliphatic carbocycles. The van der Waals surface area contributed by atoms with E-state index in [1.165, 1.54) is 0 Å². The average Bonchev–Trinajstić information content (AvgIpc) is 2.78. The van der Waals surface area contributed by atoms with Gasteiger partial charge in [0.2, 0.25) is 0 Å². The molecular weight excluding hydrogens is 344 g/mol. The van der Waals surface area contributed by atoms with Crippen LogP contribution in [-0.4, -0.2) is 22.4 Å². The Hall–Kier alpha value is -3.92. The third kappa shape index (κ3) is 4.62. The van der Waals surface area contributed by atoms with Gasteiger partial charge in [-0.15, -0.1) is 0 Å². The zero-order chi connectivity index (χ0) is 19.0. The van der Waals surface area contributed by atoms with E-state index in [4.69, 9.17) is 0 Å². The number of pyridine rings is 2. The lowest BCUT2D eigenvalue weighted by Crippen LogP contribution is -1.81. The zero-order valence-electron chi connectivity index (χ0n) is 15.2. The lowest BCUT2D eigenvalue weighted by atomic mass is 10.1. The monoisotopic (exact) mass is 362 g/mol. The molecule has 0 N–H and O–H groups in total. The van der Waals surface area contributed by atoms with Gasteiger partial charge in [0.05, 0.1) is 11.4 Å². The standard InChI is InChI=1S/C24H18N4/c1-5-23(27-17-19-9-13-25-14-10-19)6-2-21(1)22-3-7-24(8-4-22)28-18-20-11-15-26-16-12-20/h1-18H. The Morgan fingerprint density at radius 3 is 1.18 bits per heavy atom. The molecule has 0 unspecified atom stereocenters. The number of hydrogen-bond acceptors (Lipinski definition) is 4. The van der Waals surface area contributed by atoms with Gasteiger partial charge in [-0.3, -0.25) is 20.0 Å².